The highest BCUT2D eigenvalue weighted by Gasteiger charge is 2.29. The molecule has 0 amide bonds. The summed E-state index contributed by atoms with van der Waals surface area (Å²) in [6, 6.07) is 34.2. The lowest BCUT2D eigenvalue weighted by Crippen LogP contribution is -1.95. The Bertz CT molecular complexity index is 1320. The van der Waals surface area contributed by atoms with Crippen LogP contribution < -0.4 is 9.47 Å². The van der Waals surface area contributed by atoms with Gasteiger partial charge in [-0.05, 0) is 59.7 Å². The van der Waals surface area contributed by atoms with E-state index in [2.05, 4.69) is 72.8 Å². The molecule has 2 aliphatic rings. The van der Waals surface area contributed by atoms with E-state index in [1.54, 1.807) is 14.2 Å². The first-order chi connectivity index (χ1) is 17.7. The number of hydrogen-bond donors (Lipinski definition) is 0. The molecule has 0 aromatic heterocycles. The van der Waals surface area contributed by atoms with Gasteiger partial charge in [0, 0.05) is 30.7 Å². The molecule has 2 aliphatic heterocycles. The topological polar surface area (TPSA) is 18.5 Å². The van der Waals surface area contributed by atoms with Crippen LogP contribution in [0.15, 0.2) is 125 Å². The third-order valence-corrected chi connectivity index (χ3v) is 11.0. The van der Waals surface area contributed by atoms with E-state index < -0.39 is 0 Å². The van der Waals surface area contributed by atoms with E-state index in [-0.39, 0.29) is 0 Å². The molecule has 36 heavy (non-hydrogen) atoms. The molecule has 0 aliphatic carbocycles. The first kappa shape index (κ1) is 23.7. The van der Waals surface area contributed by atoms with Crippen LogP contribution in [0.4, 0.5) is 0 Å². The van der Waals surface area contributed by atoms with E-state index >= 15 is 0 Å². The average Bonchev–Trinajstić information content (AvgIpc) is 3.56. The third kappa shape index (κ3) is 4.59. The molecule has 4 aromatic rings. The number of ether oxygens (including phenoxy) is 2. The summed E-state index contributed by atoms with van der Waals surface area (Å²) < 4.78 is 13.5. The molecule has 4 aromatic carbocycles. The normalized spacial score (nSPS) is 13.8. The molecule has 0 N–H and O–H groups in total. The van der Waals surface area contributed by atoms with E-state index in [1.807, 2.05) is 71.3 Å². The van der Waals surface area contributed by atoms with Crippen molar-refractivity contribution < 1.29 is 9.47 Å². The zero-order valence-electron chi connectivity index (χ0n) is 19.7. The smallest absolute Gasteiger partial charge is 0.118 e. The summed E-state index contributed by atoms with van der Waals surface area (Å²) in [5.74, 6) is 1.71. The maximum atomic E-state index is 5.48. The molecule has 0 fully saturated rings. The van der Waals surface area contributed by atoms with Crippen molar-refractivity contribution in [1.29, 1.82) is 0 Å². The van der Waals surface area contributed by atoms with Crippen LogP contribution in [0, 0.1) is 0 Å². The van der Waals surface area contributed by atoms with Gasteiger partial charge in [-0.15, -0.1) is 0 Å². The number of allylic oxidation sites excluding steroid dienone is 2. The van der Waals surface area contributed by atoms with Gasteiger partial charge in [0.1, 0.15) is 11.5 Å². The Labute approximate surface area is 228 Å². The fourth-order valence-electron chi connectivity index (χ4n) is 4.13. The lowest BCUT2D eigenvalue weighted by Gasteiger charge is -2.19. The standard InChI is InChI=1S/C30H22O2S4/c1-31-21-15-11-19(12-16-21)27(29-33-23-7-3-4-8-24(23)34-29)28(20-13-17-22(32-2)18-14-20)30-35-25-9-5-6-10-26(25)36-30/h3-18H,1-2H3. The molecular weight excluding hydrogens is 521 g/mol. The Morgan fingerprint density at radius 3 is 1.03 bits per heavy atom. The van der Waals surface area contributed by atoms with Gasteiger partial charge in [0.25, 0.3) is 0 Å². The van der Waals surface area contributed by atoms with Crippen LogP contribution in [0.3, 0.4) is 0 Å². The van der Waals surface area contributed by atoms with Crippen molar-refractivity contribution in [2.24, 2.45) is 0 Å². The van der Waals surface area contributed by atoms with Crippen LogP contribution in [0.1, 0.15) is 11.1 Å². The Hall–Kier alpha value is -2.64. The molecule has 178 valence electrons. The largest absolute Gasteiger partial charge is 0.497 e. The van der Waals surface area contributed by atoms with Crippen molar-refractivity contribution in [2.45, 2.75) is 19.6 Å². The summed E-state index contributed by atoms with van der Waals surface area (Å²) in [4.78, 5) is 5.21. The number of methoxy groups -OCH3 is 2. The lowest BCUT2D eigenvalue weighted by molar-refractivity contribution is 0.414. The Balaban J connectivity index is 1.58. The summed E-state index contributed by atoms with van der Waals surface area (Å²) in [7, 11) is 3.42. The molecule has 0 radical (unpaired) electrons. The van der Waals surface area contributed by atoms with E-state index in [1.165, 1.54) is 50.3 Å². The molecule has 0 spiro atoms. The van der Waals surface area contributed by atoms with E-state index in [0.29, 0.717) is 0 Å². The molecule has 0 atom stereocenters. The summed E-state index contributed by atoms with van der Waals surface area (Å²) >= 11 is 7.43. The van der Waals surface area contributed by atoms with Crippen LogP contribution in [0.25, 0.3) is 11.1 Å². The molecule has 0 bridgehead atoms. The van der Waals surface area contributed by atoms with E-state index in [9.17, 15) is 0 Å². The van der Waals surface area contributed by atoms with Crippen molar-refractivity contribution in [3.8, 4) is 11.5 Å². The molecule has 0 saturated carbocycles. The summed E-state index contributed by atoms with van der Waals surface area (Å²) in [6.07, 6.45) is 0. The Morgan fingerprint density at radius 2 is 0.750 bits per heavy atom. The van der Waals surface area contributed by atoms with Gasteiger partial charge < -0.3 is 9.47 Å². The number of hydrogen-bond acceptors (Lipinski definition) is 6. The molecule has 0 unspecified atom stereocenters. The summed E-state index contributed by atoms with van der Waals surface area (Å²) in [5.41, 5.74) is 4.84. The molecule has 6 heteroatoms. The SMILES string of the molecule is COc1ccc(C(=C2Sc3ccccc3S2)C(=C2Sc3ccccc3S2)c2ccc(OC)cc2)cc1. The fourth-order valence-corrected chi connectivity index (χ4v) is 9.39. The second kappa shape index (κ2) is 10.4. The minimum absolute atomic E-state index is 0.855. The Kier molecular flexibility index (Phi) is 6.85. The molecule has 2 heterocycles. The summed E-state index contributed by atoms with van der Waals surface area (Å²) in [5, 5.41) is 0. The van der Waals surface area contributed by atoms with Crippen LogP contribution in [-0.2, 0) is 0 Å². The highest BCUT2D eigenvalue weighted by atomic mass is 32.2. The van der Waals surface area contributed by atoms with Gasteiger partial charge >= 0.3 is 0 Å². The van der Waals surface area contributed by atoms with E-state index in [0.717, 1.165) is 11.5 Å². The maximum absolute atomic E-state index is 5.48. The molecular formula is C30H22O2S4. The van der Waals surface area contributed by atoms with Crippen LogP contribution in [-0.4, -0.2) is 14.2 Å². The zero-order valence-corrected chi connectivity index (χ0v) is 23.0. The highest BCUT2D eigenvalue weighted by molar-refractivity contribution is 8.25. The second-order valence-electron chi connectivity index (χ2n) is 8.08. The van der Waals surface area contributed by atoms with E-state index in [4.69, 9.17) is 9.47 Å². The predicted molar refractivity (Wildman–Crippen MR) is 156 cm³/mol. The first-order valence-electron chi connectivity index (χ1n) is 11.4. The van der Waals surface area contributed by atoms with Crippen molar-refractivity contribution >= 4 is 58.2 Å². The van der Waals surface area contributed by atoms with Crippen LogP contribution >= 0.6 is 47.0 Å². The predicted octanol–water partition coefficient (Wildman–Crippen LogP) is 9.54. The van der Waals surface area contributed by atoms with Crippen LogP contribution in [0.2, 0.25) is 0 Å². The van der Waals surface area contributed by atoms with Gasteiger partial charge in [-0.2, -0.15) is 0 Å². The van der Waals surface area contributed by atoms with Crippen molar-refractivity contribution in [3.63, 3.8) is 0 Å². The number of rotatable bonds is 5. The number of fused-ring (bicyclic) bond motifs is 2. The van der Waals surface area contributed by atoms with Crippen molar-refractivity contribution in [2.75, 3.05) is 14.2 Å². The fraction of sp³-hybridized carbons (Fsp3) is 0.0667. The van der Waals surface area contributed by atoms with Crippen LogP contribution in [0.5, 0.6) is 11.5 Å². The average molecular weight is 543 g/mol. The van der Waals surface area contributed by atoms with Gasteiger partial charge in [-0.3, -0.25) is 0 Å². The number of thioether (sulfide) groups is 4. The second-order valence-corrected chi connectivity index (χ2v) is 12.8. The monoisotopic (exact) mass is 542 g/mol. The first-order valence-corrected chi connectivity index (χ1v) is 14.7. The van der Waals surface area contributed by atoms with Crippen molar-refractivity contribution in [3.05, 3.63) is 117 Å². The lowest BCUT2D eigenvalue weighted by atomic mass is 9.94. The molecule has 6 rings (SSSR count). The van der Waals surface area contributed by atoms with Gasteiger partial charge in [0.05, 0.1) is 22.7 Å². The van der Waals surface area contributed by atoms with Crippen molar-refractivity contribution in [1.82, 2.24) is 0 Å². The highest BCUT2D eigenvalue weighted by Crippen LogP contribution is 2.60. The minimum atomic E-state index is 0.855. The molecule has 2 nitrogen and oxygen atoms in total. The van der Waals surface area contributed by atoms with Gasteiger partial charge in [-0.25, -0.2) is 0 Å². The number of benzene rings is 4. The minimum Gasteiger partial charge on any atom is -0.497 e. The van der Waals surface area contributed by atoms with Gasteiger partial charge in [-0.1, -0.05) is 95.6 Å². The quantitative estimate of drug-likeness (QED) is 0.248. The van der Waals surface area contributed by atoms with Gasteiger partial charge in [0.2, 0.25) is 0 Å². The maximum Gasteiger partial charge on any atom is 0.118 e. The third-order valence-electron chi connectivity index (χ3n) is 5.92. The Morgan fingerprint density at radius 1 is 0.444 bits per heavy atom. The van der Waals surface area contributed by atoms with Gasteiger partial charge in [0.15, 0.2) is 0 Å². The summed E-state index contributed by atoms with van der Waals surface area (Å²) in [6.45, 7) is 0. The molecule has 0 saturated heterocycles. The zero-order chi connectivity index (χ0) is 24.5.